The second kappa shape index (κ2) is 5.72. The smallest absolute Gasteiger partial charge is 0.155 e. The number of nitrogens with one attached hydrogen (secondary N) is 2. The molecular weight excluding hydrogens is 350 g/mol. The molecule has 2 N–H and O–H groups in total. The molecule has 0 aromatic carbocycles. The van der Waals surface area contributed by atoms with Gasteiger partial charge in [0.1, 0.15) is 17.8 Å². The highest BCUT2D eigenvalue weighted by Gasteiger charge is 2.56. The van der Waals surface area contributed by atoms with E-state index in [-0.39, 0.29) is 0 Å². The maximum absolute atomic E-state index is 4.92. The lowest BCUT2D eigenvalue weighted by Crippen LogP contribution is -2.66. The van der Waals surface area contributed by atoms with Gasteiger partial charge in [-0.25, -0.2) is 14.5 Å². The van der Waals surface area contributed by atoms with Crippen LogP contribution in [0.3, 0.4) is 0 Å². The quantitative estimate of drug-likeness (QED) is 0.563. The van der Waals surface area contributed by atoms with Crippen LogP contribution in [0.2, 0.25) is 0 Å². The molecule has 7 nitrogen and oxygen atoms in total. The molecule has 0 amide bonds. The number of hydrogen-bond donors (Lipinski definition) is 2. The number of fused-ring (bicyclic) bond motifs is 1. The van der Waals surface area contributed by atoms with Crippen LogP contribution >= 0.6 is 0 Å². The van der Waals surface area contributed by atoms with Gasteiger partial charge in [-0.1, -0.05) is 6.07 Å². The Morgan fingerprint density at radius 3 is 2.86 bits per heavy atom. The summed E-state index contributed by atoms with van der Waals surface area (Å²) in [7, 11) is 0. The number of H-pyrrole nitrogens is 1. The summed E-state index contributed by atoms with van der Waals surface area (Å²) in [6.07, 6.45) is 7.49. The minimum Gasteiger partial charge on any atom is -0.340 e. The van der Waals surface area contributed by atoms with Gasteiger partial charge in [0.05, 0.1) is 17.9 Å². The van der Waals surface area contributed by atoms with Crippen LogP contribution in [0.25, 0.3) is 28.3 Å². The number of aryl methyl sites for hydroxylation is 1. The van der Waals surface area contributed by atoms with E-state index >= 15 is 0 Å². The molecule has 7 heteroatoms. The second-order valence-electron chi connectivity index (χ2n) is 8.16. The zero-order valence-corrected chi connectivity index (χ0v) is 15.7. The first-order valence-electron chi connectivity index (χ1n) is 9.75. The lowest BCUT2D eigenvalue weighted by molar-refractivity contribution is -0.0524. The molecule has 0 aliphatic heterocycles. The molecule has 0 saturated heterocycles. The van der Waals surface area contributed by atoms with E-state index in [0.717, 1.165) is 52.3 Å². The lowest BCUT2D eigenvalue weighted by atomic mass is 9.50. The number of aromatic nitrogens is 6. The van der Waals surface area contributed by atoms with E-state index in [2.05, 4.69) is 26.4 Å². The molecule has 28 heavy (non-hydrogen) atoms. The highest BCUT2D eigenvalue weighted by Crippen LogP contribution is 2.57. The third kappa shape index (κ3) is 2.46. The monoisotopic (exact) mass is 371 g/mol. The zero-order valence-electron chi connectivity index (χ0n) is 15.7. The molecule has 0 spiro atoms. The molecule has 3 fully saturated rings. The number of nitrogens with zero attached hydrogens (tertiary/aromatic N) is 5. The van der Waals surface area contributed by atoms with Crippen molar-refractivity contribution >= 4 is 5.65 Å². The van der Waals surface area contributed by atoms with Gasteiger partial charge in [-0.3, -0.25) is 4.98 Å². The number of imidazole rings is 1. The molecule has 4 aromatic heterocycles. The first-order chi connectivity index (χ1) is 13.7. The summed E-state index contributed by atoms with van der Waals surface area (Å²) in [4.78, 5) is 17.4. The van der Waals surface area contributed by atoms with Gasteiger partial charge in [0.15, 0.2) is 5.65 Å². The summed E-state index contributed by atoms with van der Waals surface area (Å²) in [6.45, 7) is 2.75. The van der Waals surface area contributed by atoms with E-state index in [1.165, 1.54) is 19.3 Å². The highest BCUT2D eigenvalue weighted by atomic mass is 15.3. The van der Waals surface area contributed by atoms with Gasteiger partial charge in [-0.2, -0.15) is 5.10 Å². The minimum absolute atomic E-state index is 0.374. The Hall–Kier alpha value is -3.06. The average Bonchev–Trinajstić information content (AvgIpc) is 3.25. The molecule has 0 atom stereocenters. The Balaban J connectivity index is 1.41. The van der Waals surface area contributed by atoms with Crippen molar-refractivity contribution in [3.8, 4) is 22.6 Å². The average molecular weight is 371 g/mol. The third-order valence-corrected chi connectivity index (χ3v) is 6.12. The van der Waals surface area contributed by atoms with Gasteiger partial charge in [-0.05, 0) is 56.4 Å². The van der Waals surface area contributed by atoms with Crippen molar-refractivity contribution in [1.82, 2.24) is 34.9 Å². The molecule has 0 unspecified atom stereocenters. The largest absolute Gasteiger partial charge is 0.340 e. The van der Waals surface area contributed by atoms with Gasteiger partial charge >= 0.3 is 0 Å². The predicted molar refractivity (Wildman–Crippen MR) is 105 cm³/mol. The minimum atomic E-state index is 0.374. The molecule has 3 aliphatic carbocycles. The van der Waals surface area contributed by atoms with Crippen molar-refractivity contribution in [3.05, 3.63) is 54.4 Å². The number of pyridine rings is 2. The Morgan fingerprint density at radius 1 is 1.18 bits per heavy atom. The Labute approximate surface area is 162 Å². The van der Waals surface area contributed by atoms with Crippen LogP contribution in [0.15, 0.2) is 42.9 Å². The van der Waals surface area contributed by atoms with Gasteiger partial charge in [0.25, 0.3) is 0 Å². The van der Waals surface area contributed by atoms with Crippen LogP contribution in [-0.2, 0) is 6.54 Å². The maximum Gasteiger partial charge on any atom is 0.155 e. The zero-order chi connectivity index (χ0) is 18.7. The van der Waals surface area contributed by atoms with Crippen LogP contribution in [-0.4, -0.2) is 35.1 Å². The molecule has 3 aliphatic rings. The van der Waals surface area contributed by atoms with E-state index in [1.807, 2.05) is 37.4 Å². The topological polar surface area (TPSA) is 83.8 Å². The third-order valence-electron chi connectivity index (χ3n) is 6.12. The normalized spacial score (nSPS) is 22.8. The molecule has 0 radical (unpaired) electrons. The Bertz CT molecular complexity index is 1170. The summed E-state index contributed by atoms with van der Waals surface area (Å²) < 4.78 is 1.78. The maximum atomic E-state index is 4.92. The van der Waals surface area contributed by atoms with Crippen molar-refractivity contribution in [2.75, 3.05) is 0 Å². The van der Waals surface area contributed by atoms with Gasteiger partial charge in [-0.15, -0.1) is 0 Å². The van der Waals surface area contributed by atoms with Crippen LogP contribution in [0.1, 0.15) is 30.8 Å². The fourth-order valence-electron chi connectivity index (χ4n) is 4.51. The number of aromatic amines is 1. The van der Waals surface area contributed by atoms with Crippen molar-refractivity contribution in [2.24, 2.45) is 5.92 Å². The fraction of sp³-hybridized carbons (Fsp3) is 0.333. The highest BCUT2D eigenvalue weighted by molar-refractivity contribution is 5.77. The van der Waals surface area contributed by atoms with E-state index in [4.69, 9.17) is 9.97 Å². The van der Waals surface area contributed by atoms with Crippen molar-refractivity contribution in [2.45, 2.75) is 38.3 Å². The Morgan fingerprint density at radius 2 is 2.07 bits per heavy atom. The fourth-order valence-corrected chi connectivity index (χ4v) is 4.51. The van der Waals surface area contributed by atoms with Crippen LogP contribution in [0.5, 0.6) is 0 Å². The van der Waals surface area contributed by atoms with E-state index in [9.17, 15) is 0 Å². The van der Waals surface area contributed by atoms with Gasteiger partial charge < -0.3 is 10.3 Å². The van der Waals surface area contributed by atoms with Gasteiger partial charge in [0, 0.05) is 23.0 Å². The summed E-state index contributed by atoms with van der Waals surface area (Å²) in [5.41, 5.74) is 5.90. The molecule has 2 bridgehead atoms. The first-order valence-corrected chi connectivity index (χ1v) is 9.75. The Kier molecular flexibility index (Phi) is 3.26. The first kappa shape index (κ1) is 15.9. The number of rotatable bonds is 5. The summed E-state index contributed by atoms with van der Waals surface area (Å²) >= 11 is 0. The lowest BCUT2D eigenvalue weighted by Gasteiger charge is -2.62. The van der Waals surface area contributed by atoms with Crippen molar-refractivity contribution in [1.29, 1.82) is 0 Å². The number of hydrogen-bond acceptors (Lipinski definition) is 5. The summed E-state index contributed by atoms with van der Waals surface area (Å²) in [5.74, 6) is 1.90. The van der Waals surface area contributed by atoms with E-state index in [1.54, 1.807) is 10.8 Å². The molecule has 7 rings (SSSR count). The molecule has 4 aromatic rings. The van der Waals surface area contributed by atoms with Crippen molar-refractivity contribution < 1.29 is 0 Å². The van der Waals surface area contributed by atoms with E-state index < -0.39 is 0 Å². The van der Waals surface area contributed by atoms with Crippen molar-refractivity contribution in [3.63, 3.8) is 0 Å². The molecular formula is C21H21N7. The van der Waals surface area contributed by atoms with Crippen LogP contribution in [0.4, 0.5) is 0 Å². The van der Waals surface area contributed by atoms with E-state index in [0.29, 0.717) is 5.54 Å². The SMILES string of the molecule is Cc1cccc(-c2nc(CNC34CC(C3)C4)[nH]c2-c2ccc3ncnn3c2)n1. The molecule has 140 valence electrons. The summed E-state index contributed by atoms with van der Waals surface area (Å²) in [6, 6.07) is 10.1. The molecule has 4 heterocycles. The predicted octanol–water partition coefficient (Wildman–Crippen LogP) is 3.13. The van der Waals surface area contributed by atoms with Crippen LogP contribution in [0, 0.1) is 12.8 Å². The second-order valence-corrected chi connectivity index (χ2v) is 8.16. The molecule has 3 saturated carbocycles. The van der Waals surface area contributed by atoms with Crippen LogP contribution < -0.4 is 5.32 Å². The standard InChI is InChI=1S/C21H21N7/c1-13-3-2-4-16(25-13)20-19(15-5-6-18-22-12-24-28(18)11-15)26-17(27-20)10-23-21-7-14(8-21)9-21/h2-6,11-12,14,23H,7-10H2,1H3,(H,26,27). The van der Waals surface area contributed by atoms with Gasteiger partial charge in [0.2, 0.25) is 0 Å². The summed E-state index contributed by atoms with van der Waals surface area (Å²) in [5, 5.41) is 7.98.